The second-order valence-corrected chi connectivity index (χ2v) is 9.84. The molecule has 4 heterocycles. The van der Waals surface area contributed by atoms with E-state index in [1.165, 1.54) is 0 Å². The Bertz CT molecular complexity index is 1040. The van der Waals surface area contributed by atoms with Crippen LogP contribution in [0.3, 0.4) is 0 Å². The highest BCUT2D eigenvalue weighted by atomic mass is 79.9. The standard InChI is InChI=1S/C20H24BrN5O2S/c1-20(2,3)28-19(27)25-7-4-5-12(10-25)16-15(21)17(22)26-18(24-16)14(9-23-26)13-6-8-29-11-13/h6,8-9,11-12H,4-5,7,10,22H2,1-3H3. The van der Waals surface area contributed by atoms with E-state index in [0.29, 0.717) is 18.9 Å². The third-order valence-corrected chi connectivity index (χ3v) is 6.44. The molecule has 29 heavy (non-hydrogen) atoms. The number of thiophene rings is 1. The van der Waals surface area contributed by atoms with Gasteiger partial charge in [-0.3, -0.25) is 0 Å². The number of ether oxygens (including phenoxy) is 1. The smallest absolute Gasteiger partial charge is 0.410 e. The van der Waals surface area contributed by atoms with Crippen LogP contribution in [0.5, 0.6) is 0 Å². The minimum Gasteiger partial charge on any atom is -0.444 e. The Morgan fingerprint density at radius 1 is 1.41 bits per heavy atom. The van der Waals surface area contributed by atoms with Gasteiger partial charge in [-0.25, -0.2) is 9.78 Å². The Kier molecular flexibility index (Phi) is 5.29. The molecule has 1 atom stereocenters. The Morgan fingerprint density at radius 3 is 2.90 bits per heavy atom. The lowest BCUT2D eigenvalue weighted by atomic mass is 9.94. The molecule has 0 aliphatic carbocycles. The van der Waals surface area contributed by atoms with E-state index in [1.54, 1.807) is 26.9 Å². The summed E-state index contributed by atoms with van der Waals surface area (Å²) < 4.78 is 7.96. The van der Waals surface area contributed by atoms with Crippen molar-refractivity contribution in [1.82, 2.24) is 19.5 Å². The molecule has 1 saturated heterocycles. The monoisotopic (exact) mass is 477 g/mol. The van der Waals surface area contributed by atoms with Crippen LogP contribution in [0, 0.1) is 0 Å². The Hall–Kier alpha value is -2.13. The summed E-state index contributed by atoms with van der Waals surface area (Å²) in [6.45, 7) is 6.88. The number of amides is 1. The van der Waals surface area contributed by atoms with E-state index in [-0.39, 0.29) is 12.0 Å². The van der Waals surface area contributed by atoms with E-state index in [4.69, 9.17) is 15.5 Å². The molecule has 9 heteroatoms. The SMILES string of the molecule is CC(C)(C)OC(=O)N1CCCC(c2nc3c(-c4ccsc4)cnn3c(N)c2Br)C1. The Labute approximate surface area is 182 Å². The first-order chi connectivity index (χ1) is 13.7. The van der Waals surface area contributed by atoms with Crippen molar-refractivity contribution in [3.05, 3.63) is 33.2 Å². The van der Waals surface area contributed by atoms with Gasteiger partial charge in [-0.05, 0) is 71.9 Å². The maximum atomic E-state index is 12.6. The number of likely N-dealkylation sites (tertiary alicyclic amines) is 1. The highest BCUT2D eigenvalue weighted by Gasteiger charge is 2.31. The topological polar surface area (TPSA) is 85.8 Å². The summed E-state index contributed by atoms with van der Waals surface area (Å²) in [5, 5.41) is 8.52. The average molecular weight is 478 g/mol. The minimum atomic E-state index is -0.515. The van der Waals surface area contributed by atoms with Crippen molar-refractivity contribution < 1.29 is 9.53 Å². The fourth-order valence-corrected chi connectivity index (χ4v) is 4.83. The summed E-state index contributed by atoms with van der Waals surface area (Å²) in [4.78, 5) is 19.3. The van der Waals surface area contributed by atoms with Crippen LogP contribution in [0.1, 0.15) is 45.2 Å². The van der Waals surface area contributed by atoms with E-state index >= 15 is 0 Å². The van der Waals surface area contributed by atoms with Gasteiger partial charge in [0.1, 0.15) is 11.4 Å². The van der Waals surface area contributed by atoms with Crippen LogP contribution in [0.2, 0.25) is 0 Å². The number of carbonyl (C=O) groups excluding carboxylic acids is 1. The van der Waals surface area contributed by atoms with E-state index in [2.05, 4.69) is 26.4 Å². The number of piperidine rings is 1. The molecular formula is C20H24BrN5O2S. The van der Waals surface area contributed by atoms with Crippen molar-refractivity contribution in [2.45, 2.75) is 45.1 Å². The van der Waals surface area contributed by atoms with Crippen LogP contribution < -0.4 is 5.73 Å². The summed E-state index contributed by atoms with van der Waals surface area (Å²) in [6, 6.07) is 2.05. The van der Waals surface area contributed by atoms with Crippen LogP contribution >= 0.6 is 27.3 Å². The Balaban J connectivity index is 1.69. The van der Waals surface area contributed by atoms with Crippen molar-refractivity contribution in [1.29, 1.82) is 0 Å². The lowest BCUT2D eigenvalue weighted by molar-refractivity contribution is 0.0197. The van der Waals surface area contributed by atoms with E-state index in [0.717, 1.165) is 39.8 Å². The first kappa shape index (κ1) is 20.2. The molecule has 0 spiro atoms. The molecule has 0 aromatic carbocycles. The fraction of sp³-hybridized carbons (Fsp3) is 0.450. The zero-order valence-electron chi connectivity index (χ0n) is 16.7. The predicted molar refractivity (Wildman–Crippen MR) is 118 cm³/mol. The highest BCUT2D eigenvalue weighted by molar-refractivity contribution is 9.10. The van der Waals surface area contributed by atoms with Gasteiger partial charge in [-0.2, -0.15) is 21.0 Å². The van der Waals surface area contributed by atoms with Crippen LogP contribution in [-0.4, -0.2) is 44.3 Å². The van der Waals surface area contributed by atoms with Gasteiger partial charge in [0.05, 0.1) is 16.4 Å². The molecule has 1 aliphatic heterocycles. The van der Waals surface area contributed by atoms with Gasteiger partial charge < -0.3 is 15.4 Å². The van der Waals surface area contributed by atoms with Gasteiger partial charge in [-0.1, -0.05) is 0 Å². The molecule has 0 radical (unpaired) electrons. The van der Waals surface area contributed by atoms with Crippen molar-refractivity contribution in [2.24, 2.45) is 0 Å². The molecule has 1 fully saturated rings. The summed E-state index contributed by atoms with van der Waals surface area (Å²) in [5.74, 6) is 0.587. The van der Waals surface area contributed by atoms with Gasteiger partial charge in [0, 0.05) is 24.6 Å². The molecule has 0 saturated carbocycles. The third-order valence-electron chi connectivity index (χ3n) is 4.94. The van der Waals surface area contributed by atoms with Gasteiger partial charge in [0.25, 0.3) is 0 Å². The molecule has 1 aliphatic rings. The first-order valence-corrected chi connectivity index (χ1v) is 11.3. The zero-order chi connectivity index (χ0) is 20.8. The number of nitrogen functional groups attached to an aromatic ring is 1. The molecule has 0 bridgehead atoms. The summed E-state index contributed by atoms with van der Waals surface area (Å²) in [6.07, 6.45) is 3.34. The van der Waals surface area contributed by atoms with Crippen LogP contribution in [0.15, 0.2) is 27.5 Å². The molecule has 1 unspecified atom stereocenters. The van der Waals surface area contributed by atoms with Gasteiger partial charge in [-0.15, -0.1) is 0 Å². The normalized spacial score (nSPS) is 17.7. The summed E-state index contributed by atoms with van der Waals surface area (Å²) in [7, 11) is 0. The predicted octanol–water partition coefficient (Wildman–Crippen LogP) is 4.92. The molecule has 7 nitrogen and oxygen atoms in total. The van der Waals surface area contributed by atoms with E-state index in [1.807, 2.05) is 32.2 Å². The molecule has 4 rings (SSSR count). The summed E-state index contributed by atoms with van der Waals surface area (Å²) in [5.41, 5.74) is 9.48. The molecule has 3 aromatic heterocycles. The van der Waals surface area contributed by atoms with Crippen LogP contribution in [0.25, 0.3) is 16.8 Å². The number of aromatic nitrogens is 3. The molecule has 2 N–H and O–H groups in total. The van der Waals surface area contributed by atoms with E-state index in [9.17, 15) is 4.79 Å². The third kappa shape index (κ3) is 3.98. The second kappa shape index (κ2) is 7.60. The number of carbonyl (C=O) groups is 1. The quantitative estimate of drug-likeness (QED) is 0.565. The maximum absolute atomic E-state index is 12.6. The molecule has 154 valence electrons. The molecule has 1 amide bonds. The first-order valence-electron chi connectivity index (χ1n) is 9.57. The lowest BCUT2D eigenvalue weighted by Gasteiger charge is -2.34. The average Bonchev–Trinajstić information content (AvgIpc) is 3.32. The number of anilines is 1. The lowest BCUT2D eigenvalue weighted by Crippen LogP contribution is -2.42. The zero-order valence-corrected chi connectivity index (χ0v) is 19.1. The minimum absolute atomic E-state index is 0.0724. The summed E-state index contributed by atoms with van der Waals surface area (Å²) >= 11 is 5.25. The number of hydrogen-bond donors (Lipinski definition) is 1. The van der Waals surface area contributed by atoms with Crippen molar-refractivity contribution in [3.63, 3.8) is 0 Å². The second-order valence-electron chi connectivity index (χ2n) is 8.27. The van der Waals surface area contributed by atoms with E-state index < -0.39 is 5.60 Å². The van der Waals surface area contributed by atoms with Crippen LogP contribution in [0.4, 0.5) is 10.6 Å². The van der Waals surface area contributed by atoms with Crippen molar-refractivity contribution >= 4 is 44.8 Å². The number of fused-ring (bicyclic) bond motifs is 1. The number of nitrogens with two attached hydrogens (primary N) is 1. The fourth-order valence-electron chi connectivity index (χ4n) is 3.60. The number of rotatable bonds is 2. The number of halogens is 1. The van der Waals surface area contributed by atoms with Gasteiger partial charge >= 0.3 is 6.09 Å². The maximum Gasteiger partial charge on any atom is 0.410 e. The highest BCUT2D eigenvalue weighted by Crippen LogP contribution is 2.36. The molecule has 3 aromatic rings. The number of nitrogens with zero attached hydrogens (tertiary/aromatic N) is 4. The van der Waals surface area contributed by atoms with Crippen molar-refractivity contribution in [2.75, 3.05) is 18.8 Å². The number of hydrogen-bond acceptors (Lipinski definition) is 6. The van der Waals surface area contributed by atoms with Crippen molar-refractivity contribution in [3.8, 4) is 11.1 Å². The largest absolute Gasteiger partial charge is 0.444 e. The van der Waals surface area contributed by atoms with Gasteiger partial charge in [0.2, 0.25) is 0 Å². The molecular weight excluding hydrogens is 454 g/mol. The Morgan fingerprint density at radius 2 is 2.21 bits per heavy atom. The van der Waals surface area contributed by atoms with Gasteiger partial charge in [0.15, 0.2) is 5.65 Å². The van der Waals surface area contributed by atoms with Crippen LogP contribution in [-0.2, 0) is 4.74 Å².